The van der Waals surface area contributed by atoms with Crippen molar-refractivity contribution in [3.63, 3.8) is 0 Å². The van der Waals surface area contributed by atoms with Crippen LogP contribution in [0.25, 0.3) is 10.9 Å². The van der Waals surface area contributed by atoms with Gasteiger partial charge in [0.2, 0.25) is 6.54 Å². The minimum absolute atomic E-state index is 0.225. The number of aromatic nitrogens is 1. The van der Waals surface area contributed by atoms with E-state index in [1.807, 2.05) is 30.3 Å². The van der Waals surface area contributed by atoms with Crippen LogP contribution < -0.4 is 10.2 Å². The van der Waals surface area contributed by atoms with E-state index < -0.39 is 29.2 Å². The van der Waals surface area contributed by atoms with E-state index in [0.29, 0.717) is 22.2 Å². The van der Waals surface area contributed by atoms with Crippen LogP contribution in [0.15, 0.2) is 54.7 Å². The standard InChI is InChI=1S/C23H27N3O6/c1-23(2,3)32-22(27)25-13-19(18-12-17(30-4)10-11-21(18)25)20(14-26(28)29)24-31-15-16-8-6-5-7-9-16/h5-13,20,24H,14-15H2,1-4H3. The monoisotopic (exact) mass is 441 g/mol. The van der Waals surface area contributed by atoms with E-state index in [2.05, 4.69) is 5.48 Å². The Morgan fingerprint density at radius 2 is 1.91 bits per heavy atom. The second-order valence-electron chi connectivity index (χ2n) is 8.28. The van der Waals surface area contributed by atoms with Crippen molar-refractivity contribution in [3.05, 3.63) is 76.0 Å². The van der Waals surface area contributed by atoms with Crippen LogP contribution in [-0.4, -0.2) is 34.8 Å². The van der Waals surface area contributed by atoms with Crippen molar-refractivity contribution in [2.24, 2.45) is 0 Å². The van der Waals surface area contributed by atoms with E-state index in [1.54, 1.807) is 45.2 Å². The first-order valence-electron chi connectivity index (χ1n) is 10.1. The number of methoxy groups -OCH3 is 1. The summed E-state index contributed by atoms with van der Waals surface area (Å²) in [5, 5.41) is 12.0. The molecule has 0 bridgehead atoms. The van der Waals surface area contributed by atoms with E-state index in [1.165, 1.54) is 11.7 Å². The smallest absolute Gasteiger partial charge is 0.419 e. The van der Waals surface area contributed by atoms with Gasteiger partial charge < -0.3 is 9.47 Å². The number of hydroxylamine groups is 1. The first-order chi connectivity index (χ1) is 15.2. The first-order valence-corrected chi connectivity index (χ1v) is 10.1. The molecule has 1 N–H and O–H groups in total. The lowest BCUT2D eigenvalue weighted by Gasteiger charge is -2.19. The normalized spacial score (nSPS) is 12.5. The van der Waals surface area contributed by atoms with E-state index in [-0.39, 0.29) is 6.61 Å². The molecule has 0 aliphatic carbocycles. The number of nitrogens with zero attached hydrogens (tertiary/aromatic N) is 2. The quantitative estimate of drug-likeness (QED) is 0.406. The SMILES string of the molecule is COc1ccc2c(c1)c(C(C[N+](=O)[O-])NOCc1ccccc1)cn2C(=O)OC(C)(C)C. The Labute approximate surface area is 186 Å². The average molecular weight is 441 g/mol. The molecular weight excluding hydrogens is 414 g/mol. The van der Waals surface area contributed by atoms with E-state index >= 15 is 0 Å². The highest BCUT2D eigenvalue weighted by Gasteiger charge is 2.27. The van der Waals surface area contributed by atoms with Crippen molar-refractivity contribution in [1.82, 2.24) is 10.0 Å². The lowest BCUT2D eigenvalue weighted by atomic mass is 10.1. The maximum atomic E-state index is 12.8. The molecule has 0 radical (unpaired) electrons. The summed E-state index contributed by atoms with van der Waals surface area (Å²) in [6.07, 6.45) is 0.967. The van der Waals surface area contributed by atoms with Crippen LogP contribution in [0.4, 0.5) is 4.79 Å². The molecule has 0 amide bonds. The number of hydrogen-bond acceptors (Lipinski definition) is 7. The molecule has 170 valence electrons. The maximum absolute atomic E-state index is 12.8. The number of hydrogen-bond donors (Lipinski definition) is 1. The molecule has 9 nitrogen and oxygen atoms in total. The van der Waals surface area contributed by atoms with Gasteiger partial charge in [0.05, 0.1) is 19.2 Å². The Balaban J connectivity index is 1.97. The fourth-order valence-electron chi connectivity index (χ4n) is 3.25. The third-order valence-corrected chi connectivity index (χ3v) is 4.65. The van der Waals surface area contributed by atoms with Crippen molar-refractivity contribution in [2.45, 2.75) is 39.0 Å². The van der Waals surface area contributed by atoms with Crippen LogP contribution in [0.3, 0.4) is 0 Å². The predicted molar refractivity (Wildman–Crippen MR) is 119 cm³/mol. The average Bonchev–Trinajstić information content (AvgIpc) is 3.11. The van der Waals surface area contributed by atoms with Crippen LogP contribution in [0.5, 0.6) is 5.75 Å². The summed E-state index contributed by atoms with van der Waals surface area (Å²) < 4.78 is 12.2. The number of rotatable bonds is 8. The van der Waals surface area contributed by atoms with Gasteiger partial charge >= 0.3 is 6.09 Å². The van der Waals surface area contributed by atoms with Gasteiger partial charge in [0.25, 0.3) is 0 Å². The van der Waals surface area contributed by atoms with E-state index in [0.717, 1.165) is 5.56 Å². The molecule has 0 aliphatic rings. The van der Waals surface area contributed by atoms with Gasteiger partial charge in [0.1, 0.15) is 17.4 Å². The first kappa shape index (κ1) is 23.2. The highest BCUT2D eigenvalue weighted by molar-refractivity contribution is 5.93. The molecule has 0 saturated carbocycles. The lowest BCUT2D eigenvalue weighted by Crippen LogP contribution is -2.28. The third kappa shape index (κ3) is 5.83. The minimum atomic E-state index is -0.813. The lowest BCUT2D eigenvalue weighted by molar-refractivity contribution is -0.486. The highest BCUT2D eigenvalue weighted by atomic mass is 16.7. The Morgan fingerprint density at radius 3 is 2.53 bits per heavy atom. The van der Waals surface area contributed by atoms with Gasteiger partial charge in [0, 0.05) is 22.1 Å². The summed E-state index contributed by atoms with van der Waals surface area (Å²) >= 11 is 0. The molecule has 0 saturated heterocycles. The molecule has 0 fully saturated rings. The van der Waals surface area contributed by atoms with Crippen molar-refractivity contribution >= 4 is 17.0 Å². The van der Waals surface area contributed by atoms with Crippen molar-refractivity contribution in [1.29, 1.82) is 0 Å². The van der Waals surface area contributed by atoms with Crippen LogP contribution in [-0.2, 0) is 16.2 Å². The fourth-order valence-corrected chi connectivity index (χ4v) is 3.25. The molecule has 9 heteroatoms. The molecule has 1 unspecified atom stereocenters. The Kier molecular flexibility index (Phi) is 7.12. The fraction of sp³-hybridized carbons (Fsp3) is 0.348. The summed E-state index contributed by atoms with van der Waals surface area (Å²) in [7, 11) is 1.53. The largest absolute Gasteiger partial charge is 0.497 e. The minimum Gasteiger partial charge on any atom is -0.497 e. The number of carbonyl (C=O) groups excluding carboxylic acids is 1. The molecule has 3 aromatic rings. The molecule has 2 aromatic carbocycles. The summed E-state index contributed by atoms with van der Waals surface area (Å²) in [5.74, 6) is 0.561. The van der Waals surface area contributed by atoms with Gasteiger partial charge in [-0.1, -0.05) is 30.3 Å². The number of fused-ring (bicyclic) bond motifs is 1. The number of nitrogens with one attached hydrogen (secondary N) is 1. The van der Waals surface area contributed by atoms with Gasteiger partial charge in [0.15, 0.2) is 0 Å². The van der Waals surface area contributed by atoms with E-state index in [9.17, 15) is 14.9 Å². The summed E-state index contributed by atoms with van der Waals surface area (Å²) in [6, 6.07) is 13.8. The van der Waals surface area contributed by atoms with Gasteiger partial charge in [-0.3, -0.25) is 19.5 Å². The van der Waals surface area contributed by atoms with Crippen LogP contribution >= 0.6 is 0 Å². The number of carbonyl (C=O) groups is 1. The Morgan fingerprint density at radius 1 is 1.19 bits per heavy atom. The van der Waals surface area contributed by atoms with Gasteiger partial charge in [-0.25, -0.2) is 4.79 Å². The van der Waals surface area contributed by atoms with Gasteiger partial charge in [-0.15, -0.1) is 0 Å². The predicted octanol–water partition coefficient (Wildman–Crippen LogP) is 4.47. The zero-order valence-electron chi connectivity index (χ0n) is 18.5. The third-order valence-electron chi connectivity index (χ3n) is 4.65. The zero-order valence-corrected chi connectivity index (χ0v) is 18.5. The van der Waals surface area contributed by atoms with Crippen molar-refractivity contribution < 1.29 is 24.0 Å². The van der Waals surface area contributed by atoms with Crippen molar-refractivity contribution in [2.75, 3.05) is 13.7 Å². The Hall–Kier alpha value is -3.43. The number of benzene rings is 2. The summed E-state index contributed by atoms with van der Waals surface area (Å²) in [6.45, 7) is 5.10. The molecule has 0 spiro atoms. The van der Waals surface area contributed by atoms with Crippen LogP contribution in [0, 0.1) is 10.1 Å². The molecular formula is C23H27N3O6. The van der Waals surface area contributed by atoms with Gasteiger partial charge in [-0.2, -0.15) is 5.48 Å². The topological polar surface area (TPSA) is 105 Å². The molecule has 0 aliphatic heterocycles. The zero-order chi connectivity index (χ0) is 23.3. The summed E-state index contributed by atoms with van der Waals surface area (Å²) in [4.78, 5) is 29.4. The molecule has 32 heavy (non-hydrogen) atoms. The number of nitro groups is 1. The summed E-state index contributed by atoms with van der Waals surface area (Å²) in [5.41, 5.74) is 4.09. The molecule has 1 heterocycles. The molecule has 3 rings (SSSR count). The maximum Gasteiger partial charge on any atom is 0.419 e. The second-order valence-corrected chi connectivity index (χ2v) is 8.28. The highest BCUT2D eigenvalue weighted by Crippen LogP contribution is 2.31. The second kappa shape index (κ2) is 9.80. The van der Waals surface area contributed by atoms with Crippen LogP contribution in [0.1, 0.15) is 37.9 Å². The Bertz CT molecular complexity index is 1090. The van der Waals surface area contributed by atoms with Crippen LogP contribution in [0.2, 0.25) is 0 Å². The number of ether oxygens (including phenoxy) is 2. The van der Waals surface area contributed by atoms with Crippen molar-refractivity contribution in [3.8, 4) is 5.75 Å². The van der Waals surface area contributed by atoms with E-state index in [4.69, 9.17) is 14.3 Å². The van der Waals surface area contributed by atoms with Gasteiger partial charge in [-0.05, 0) is 44.5 Å². The molecule has 1 atom stereocenters. The molecule has 1 aromatic heterocycles.